The monoisotopic (exact) mass is 308 g/mol. The number of nitrogen functional groups attached to an aromatic ring is 2. The molecule has 0 unspecified atom stereocenters. The number of anilines is 2. The second-order valence-electron chi connectivity index (χ2n) is 5.52. The van der Waals surface area contributed by atoms with Crippen molar-refractivity contribution in [1.82, 2.24) is 9.97 Å². The van der Waals surface area contributed by atoms with Crippen molar-refractivity contribution in [3.05, 3.63) is 48.2 Å². The lowest BCUT2D eigenvalue weighted by molar-refractivity contribution is 0.490. The van der Waals surface area contributed by atoms with Gasteiger partial charge in [-0.25, -0.2) is 9.97 Å². The van der Waals surface area contributed by atoms with Crippen molar-refractivity contribution in [1.29, 1.82) is 0 Å². The Morgan fingerprint density at radius 3 is 1.70 bits per heavy atom. The van der Waals surface area contributed by atoms with E-state index in [4.69, 9.17) is 20.3 Å². The number of aromatic nitrogens is 2. The van der Waals surface area contributed by atoms with Gasteiger partial charge in [-0.2, -0.15) is 0 Å². The Morgan fingerprint density at radius 1 is 0.739 bits per heavy atom. The summed E-state index contributed by atoms with van der Waals surface area (Å²) < 4.78 is 11.4. The second-order valence-corrected chi connectivity index (χ2v) is 5.52. The predicted molar refractivity (Wildman–Crippen MR) is 88.9 cm³/mol. The van der Waals surface area contributed by atoms with E-state index >= 15 is 0 Å². The van der Waals surface area contributed by atoms with Crippen LogP contribution in [0.25, 0.3) is 22.2 Å². The maximum Gasteiger partial charge on any atom is 0.195 e. The first-order valence-corrected chi connectivity index (χ1v) is 7.47. The molecule has 0 radical (unpaired) electrons. The molecule has 116 valence electrons. The Morgan fingerprint density at radius 2 is 1.22 bits per heavy atom. The first kappa shape index (κ1) is 13.6. The van der Waals surface area contributed by atoms with E-state index in [-0.39, 0.29) is 0 Å². The lowest BCUT2D eigenvalue weighted by Gasteiger charge is -1.93. The maximum atomic E-state index is 5.74. The smallest absolute Gasteiger partial charge is 0.195 e. The molecule has 0 amide bonds. The quantitative estimate of drug-likeness (QED) is 0.560. The molecule has 2 heterocycles. The number of hydrogen-bond donors (Lipinski definition) is 2. The molecule has 0 fully saturated rings. The van der Waals surface area contributed by atoms with Crippen LogP contribution >= 0.6 is 0 Å². The van der Waals surface area contributed by atoms with E-state index in [9.17, 15) is 0 Å². The minimum Gasteiger partial charge on any atom is -0.441 e. The van der Waals surface area contributed by atoms with Gasteiger partial charge in [-0.05, 0) is 30.7 Å². The molecule has 0 spiro atoms. The zero-order valence-electron chi connectivity index (χ0n) is 12.5. The van der Waals surface area contributed by atoms with Gasteiger partial charge in [0.05, 0.1) is 0 Å². The van der Waals surface area contributed by atoms with Crippen molar-refractivity contribution in [2.24, 2.45) is 0 Å². The summed E-state index contributed by atoms with van der Waals surface area (Å²) in [6.45, 7) is 0. The highest BCUT2D eigenvalue weighted by atomic mass is 16.4. The Labute approximate surface area is 132 Å². The molecule has 0 bridgehead atoms. The van der Waals surface area contributed by atoms with Crippen LogP contribution in [-0.4, -0.2) is 9.97 Å². The fourth-order valence-electron chi connectivity index (χ4n) is 2.58. The van der Waals surface area contributed by atoms with Crippen LogP contribution in [0.1, 0.15) is 18.2 Å². The minimum absolute atomic E-state index is 0.672. The highest BCUT2D eigenvalue weighted by Gasteiger charge is 2.09. The molecular formula is C17H16N4O2. The molecule has 2 aromatic heterocycles. The van der Waals surface area contributed by atoms with Crippen LogP contribution in [0.5, 0.6) is 0 Å². The number of aryl methyl sites for hydroxylation is 2. The molecule has 0 saturated carbocycles. The third-order valence-corrected chi connectivity index (χ3v) is 3.69. The average Bonchev–Trinajstić information content (AvgIpc) is 3.09. The Kier molecular flexibility index (Phi) is 3.15. The first-order chi connectivity index (χ1) is 11.2. The van der Waals surface area contributed by atoms with Crippen LogP contribution in [0.2, 0.25) is 0 Å². The van der Waals surface area contributed by atoms with Crippen LogP contribution in [0, 0.1) is 0 Å². The molecule has 0 aliphatic carbocycles. The third kappa shape index (κ3) is 2.70. The first-order valence-electron chi connectivity index (χ1n) is 7.47. The molecule has 0 aliphatic heterocycles. The molecule has 23 heavy (non-hydrogen) atoms. The van der Waals surface area contributed by atoms with E-state index in [2.05, 4.69) is 9.97 Å². The van der Waals surface area contributed by atoms with E-state index in [0.717, 1.165) is 41.5 Å². The zero-order chi connectivity index (χ0) is 15.8. The van der Waals surface area contributed by atoms with Gasteiger partial charge in [0.1, 0.15) is 11.0 Å². The average molecular weight is 308 g/mol. The van der Waals surface area contributed by atoms with Gasteiger partial charge in [0.15, 0.2) is 22.9 Å². The fourth-order valence-corrected chi connectivity index (χ4v) is 2.58. The summed E-state index contributed by atoms with van der Waals surface area (Å²) in [4.78, 5) is 8.90. The second kappa shape index (κ2) is 5.31. The number of nitrogens with zero attached hydrogens (tertiary/aromatic N) is 2. The Bertz CT molecular complexity index is 907. The van der Waals surface area contributed by atoms with Crippen molar-refractivity contribution < 1.29 is 8.83 Å². The summed E-state index contributed by atoms with van der Waals surface area (Å²) in [5.41, 5.74) is 15.9. The Balaban J connectivity index is 1.45. The molecule has 0 aliphatic rings. The number of fused-ring (bicyclic) bond motifs is 2. The Hall–Kier alpha value is -3.02. The van der Waals surface area contributed by atoms with Crippen LogP contribution in [-0.2, 0) is 12.8 Å². The van der Waals surface area contributed by atoms with Crippen LogP contribution in [0.15, 0.2) is 45.2 Å². The molecule has 0 atom stereocenters. The number of benzene rings is 2. The van der Waals surface area contributed by atoms with Gasteiger partial charge in [-0.1, -0.05) is 0 Å². The van der Waals surface area contributed by atoms with Gasteiger partial charge in [0, 0.05) is 36.3 Å². The van der Waals surface area contributed by atoms with E-state index in [1.807, 2.05) is 24.3 Å². The number of nitrogens with two attached hydrogens (primary N) is 2. The van der Waals surface area contributed by atoms with Crippen LogP contribution < -0.4 is 11.5 Å². The lowest BCUT2D eigenvalue weighted by atomic mass is 10.2. The van der Waals surface area contributed by atoms with Gasteiger partial charge >= 0.3 is 0 Å². The van der Waals surface area contributed by atoms with Crippen molar-refractivity contribution in [2.45, 2.75) is 19.3 Å². The van der Waals surface area contributed by atoms with Gasteiger partial charge < -0.3 is 20.3 Å². The van der Waals surface area contributed by atoms with Crippen molar-refractivity contribution in [3.8, 4) is 0 Å². The molecule has 4 N–H and O–H groups in total. The normalized spacial score (nSPS) is 11.5. The molecule has 4 rings (SSSR count). The number of oxazole rings is 2. The summed E-state index contributed by atoms with van der Waals surface area (Å²) in [5, 5.41) is 0. The topological polar surface area (TPSA) is 104 Å². The van der Waals surface area contributed by atoms with E-state index in [1.165, 1.54) is 0 Å². The van der Waals surface area contributed by atoms with E-state index in [1.54, 1.807) is 12.1 Å². The van der Waals surface area contributed by atoms with Gasteiger partial charge in [-0.3, -0.25) is 0 Å². The molecule has 4 aromatic rings. The largest absolute Gasteiger partial charge is 0.441 e. The fraction of sp³-hybridized carbons (Fsp3) is 0.176. The highest BCUT2D eigenvalue weighted by molar-refractivity contribution is 5.77. The molecular weight excluding hydrogens is 292 g/mol. The van der Waals surface area contributed by atoms with Crippen LogP contribution in [0.3, 0.4) is 0 Å². The summed E-state index contributed by atoms with van der Waals surface area (Å²) in [5.74, 6) is 1.40. The van der Waals surface area contributed by atoms with Gasteiger partial charge in [-0.15, -0.1) is 0 Å². The highest BCUT2D eigenvalue weighted by Crippen LogP contribution is 2.21. The van der Waals surface area contributed by atoms with E-state index in [0.29, 0.717) is 23.2 Å². The predicted octanol–water partition coefficient (Wildman–Crippen LogP) is 3.31. The molecule has 6 heteroatoms. The van der Waals surface area contributed by atoms with E-state index < -0.39 is 0 Å². The summed E-state index contributed by atoms with van der Waals surface area (Å²) in [6.07, 6.45) is 2.27. The minimum atomic E-state index is 0.672. The summed E-state index contributed by atoms with van der Waals surface area (Å²) in [7, 11) is 0. The third-order valence-electron chi connectivity index (χ3n) is 3.69. The standard InChI is InChI=1S/C17H16N4O2/c18-10-4-6-12-14(8-10)22-16(20-12)2-1-3-17-21-13-7-5-11(19)9-15(13)23-17/h4-9H,1-3,18-19H2. The number of hydrogen-bond acceptors (Lipinski definition) is 6. The van der Waals surface area contributed by atoms with Gasteiger partial charge in [0.2, 0.25) is 0 Å². The summed E-state index contributed by atoms with van der Waals surface area (Å²) in [6, 6.07) is 10.9. The zero-order valence-corrected chi connectivity index (χ0v) is 12.5. The molecule has 6 nitrogen and oxygen atoms in total. The van der Waals surface area contributed by atoms with Crippen molar-refractivity contribution in [2.75, 3.05) is 11.5 Å². The SMILES string of the molecule is Nc1ccc2nc(CCCc3nc4ccc(N)cc4o3)oc2c1. The van der Waals surface area contributed by atoms with Crippen molar-refractivity contribution >= 4 is 33.6 Å². The maximum absolute atomic E-state index is 5.74. The molecule has 2 aromatic carbocycles. The van der Waals surface area contributed by atoms with Gasteiger partial charge in [0.25, 0.3) is 0 Å². The van der Waals surface area contributed by atoms with Crippen LogP contribution in [0.4, 0.5) is 11.4 Å². The summed E-state index contributed by atoms with van der Waals surface area (Å²) >= 11 is 0. The number of rotatable bonds is 4. The molecule has 0 saturated heterocycles. The van der Waals surface area contributed by atoms with Crippen molar-refractivity contribution in [3.63, 3.8) is 0 Å². The lowest BCUT2D eigenvalue weighted by Crippen LogP contribution is -1.90.